The lowest BCUT2D eigenvalue weighted by Crippen LogP contribution is -2.48. The van der Waals surface area contributed by atoms with Crippen LogP contribution in [0.25, 0.3) is 0 Å². The van der Waals surface area contributed by atoms with Crippen molar-refractivity contribution in [3.63, 3.8) is 0 Å². The van der Waals surface area contributed by atoms with E-state index in [0.717, 1.165) is 5.56 Å². The Balaban J connectivity index is 1.90. The second-order valence-electron chi connectivity index (χ2n) is 7.08. The number of ether oxygens (including phenoxy) is 3. The molecule has 1 unspecified atom stereocenters. The average Bonchev–Trinajstić information content (AvgIpc) is 2.57. The normalized spacial score (nSPS) is 20.0. The lowest BCUT2D eigenvalue weighted by atomic mass is 9.95. The third kappa shape index (κ3) is 6.28. The van der Waals surface area contributed by atoms with Crippen LogP contribution in [0.3, 0.4) is 0 Å². The van der Waals surface area contributed by atoms with Crippen molar-refractivity contribution in [2.24, 2.45) is 5.41 Å². The molecule has 1 fully saturated rings. The van der Waals surface area contributed by atoms with E-state index in [1.54, 1.807) is 24.3 Å². The molecule has 1 heterocycles. The van der Waals surface area contributed by atoms with Gasteiger partial charge in [0.15, 0.2) is 6.29 Å². The summed E-state index contributed by atoms with van der Waals surface area (Å²) in [5.74, 6) is -0.320. The third-order valence-corrected chi connectivity index (χ3v) is 3.99. The predicted molar refractivity (Wildman–Crippen MR) is 90.8 cm³/mol. The molecule has 1 saturated heterocycles. The van der Waals surface area contributed by atoms with Crippen molar-refractivity contribution in [2.75, 3.05) is 20.3 Å². The Morgan fingerprint density at radius 2 is 1.92 bits per heavy atom. The first-order chi connectivity index (χ1) is 11.8. The number of hydrogen-bond donors (Lipinski definition) is 3. The first-order valence-electron chi connectivity index (χ1n) is 8.32. The van der Waals surface area contributed by atoms with Crippen molar-refractivity contribution in [1.82, 2.24) is 5.32 Å². The van der Waals surface area contributed by atoms with Gasteiger partial charge >= 0.3 is 5.97 Å². The minimum atomic E-state index is -0.979. The van der Waals surface area contributed by atoms with Crippen LogP contribution in [0.2, 0.25) is 0 Å². The van der Waals surface area contributed by atoms with Crippen molar-refractivity contribution < 1.29 is 29.2 Å². The van der Waals surface area contributed by atoms with Crippen LogP contribution in [0.4, 0.5) is 0 Å². The molecule has 0 aromatic heterocycles. The van der Waals surface area contributed by atoms with Gasteiger partial charge in [-0.05, 0) is 24.1 Å². The summed E-state index contributed by atoms with van der Waals surface area (Å²) in [5, 5.41) is 22.4. The fraction of sp³-hybridized carbons (Fsp3) is 0.611. The number of nitrogens with one attached hydrogen (secondary N) is 1. The Hall–Kier alpha value is -1.67. The Kier molecular flexibility index (Phi) is 6.78. The van der Waals surface area contributed by atoms with Crippen LogP contribution in [0, 0.1) is 5.41 Å². The molecule has 25 heavy (non-hydrogen) atoms. The van der Waals surface area contributed by atoms with Crippen molar-refractivity contribution in [2.45, 2.75) is 45.2 Å². The highest BCUT2D eigenvalue weighted by molar-refractivity contribution is 5.76. The van der Waals surface area contributed by atoms with Crippen molar-refractivity contribution in [1.29, 1.82) is 0 Å². The molecule has 1 aliphatic heterocycles. The summed E-state index contributed by atoms with van der Waals surface area (Å²) in [6.45, 7) is 5.20. The number of aliphatic hydroxyl groups is 1. The topological polar surface area (TPSA) is 97.3 Å². The molecule has 7 nitrogen and oxygen atoms in total. The maximum atomic E-state index is 12.0. The molecule has 3 N–H and O–H groups in total. The monoisotopic (exact) mass is 353 g/mol. The summed E-state index contributed by atoms with van der Waals surface area (Å²) in [6.07, 6.45) is -0.960. The minimum Gasteiger partial charge on any atom is -0.508 e. The molecular formula is C18H27NO6. The van der Waals surface area contributed by atoms with E-state index in [9.17, 15) is 15.0 Å². The summed E-state index contributed by atoms with van der Waals surface area (Å²) < 4.78 is 16.0. The van der Waals surface area contributed by atoms with Gasteiger partial charge < -0.3 is 24.4 Å². The number of aromatic hydroxyl groups is 1. The van der Waals surface area contributed by atoms with Gasteiger partial charge in [-0.15, -0.1) is 0 Å². The lowest BCUT2D eigenvalue weighted by Gasteiger charge is -2.35. The maximum Gasteiger partial charge on any atom is 0.323 e. The van der Waals surface area contributed by atoms with E-state index in [4.69, 9.17) is 14.2 Å². The molecular weight excluding hydrogens is 326 g/mol. The highest BCUT2D eigenvalue weighted by atomic mass is 16.7. The van der Waals surface area contributed by atoms with Gasteiger partial charge in [-0.25, -0.2) is 0 Å². The van der Waals surface area contributed by atoms with Crippen molar-refractivity contribution in [3.05, 3.63) is 29.8 Å². The van der Waals surface area contributed by atoms with Crippen LogP contribution in [0.1, 0.15) is 25.8 Å². The second-order valence-corrected chi connectivity index (χ2v) is 7.08. The first-order valence-corrected chi connectivity index (χ1v) is 8.32. The van der Waals surface area contributed by atoms with E-state index in [0.29, 0.717) is 19.6 Å². The van der Waals surface area contributed by atoms with E-state index in [-0.39, 0.29) is 17.6 Å². The zero-order valence-corrected chi connectivity index (χ0v) is 14.9. The first kappa shape index (κ1) is 19.7. The fourth-order valence-corrected chi connectivity index (χ4v) is 2.57. The Labute approximate surface area is 147 Å². The average molecular weight is 353 g/mol. The second kappa shape index (κ2) is 8.62. The van der Waals surface area contributed by atoms with Crippen LogP contribution in [0.5, 0.6) is 5.75 Å². The number of hydrogen-bond acceptors (Lipinski definition) is 7. The largest absolute Gasteiger partial charge is 0.508 e. The molecule has 0 saturated carbocycles. The highest BCUT2D eigenvalue weighted by Gasteiger charge is 2.31. The lowest BCUT2D eigenvalue weighted by molar-refractivity contribution is -0.232. The van der Waals surface area contributed by atoms with Gasteiger partial charge in [0.05, 0.1) is 20.3 Å². The van der Waals surface area contributed by atoms with Gasteiger partial charge in [0.2, 0.25) is 0 Å². The molecule has 2 atom stereocenters. The third-order valence-electron chi connectivity index (χ3n) is 3.99. The molecule has 1 aliphatic rings. The number of carbonyl (C=O) groups is 1. The molecule has 0 spiro atoms. The summed E-state index contributed by atoms with van der Waals surface area (Å²) >= 11 is 0. The summed E-state index contributed by atoms with van der Waals surface area (Å²) in [6, 6.07) is 5.81. The molecule has 1 aromatic carbocycles. The van der Waals surface area contributed by atoms with Crippen molar-refractivity contribution in [3.8, 4) is 5.75 Å². The Bertz CT molecular complexity index is 549. The van der Waals surface area contributed by atoms with Crippen LogP contribution < -0.4 is 5.32 Å². The van der Waals surface area contributed by atoms with Gasteiger partial charge in [-0.1, -0.05) is 26.0 Å². The Morgan fingerprint density at radius 1 is 1.32 bits per heavy atom. The number of phenolic OH excluding ortho intramolecular Hbond substituents is 1. The zero-order valence-electron chi connectivity index (χ0n) is 14.9. The predicted octanol–water partition coefficient (Wildman–Crippen LogP) is 1.17. The van der Waals surface area contributed by atoms with Crippen LogP contribution >= 0.6 is 0 Å². The molecule has 7 heteroatoms. The van der Waals surface area contributed by atoms with Crippen LogP contribution in [-0.4, -0.2) is 55.1 Å². The number of rotatable bonds is 7. The van der Waals surface area contributed by atoms with E-state index < -0.39 is 24.5 Å². The molecule has 0 amide bonds. The van der Waals surface area contributed by atoms with Gasteiger partial charge in [0.1, 0.15) is 18.0 Å². The molecule has 0 radical (unpaired) electrons. The molecule has 2 rings (SSSR count). The van der Waals surface area contributed by atoms with Gasteiger partial charge in [-0.2, -0.15) is 0 Å². The van der Waals surface area contributed by atoms with Crippen molar-refractivity contribution >= 4 is 5.97 Å². The summed E-state index contributed by atoms with van der Waals surface area (Å²) in [7, 11) is 1.30. The van der Waals surface area contributed by atoms with Crippen LogP contribution in [0.15, 0.2) is 24.3 Å². The number of esters is 1. The van der Waals surface area contributed by atoms with E-state index in [1.807, 2.05) is 13.8 Å². The SMILES string of the molecule is COC(=O)[C@H](Cc1ccc(O)cc1)NC(O)CC1OCC(C)(C)CO1. The number of aliphatic hydroxyl groups excluding tert-OH is 1. The molecule has 0 aliphatic carbocycles. The van der Waals surface area contributed by atoms with Gasteiger partial charge in [-0.3, -0.25) is 10.1 Å². The van der Waals surface area contributed by atoms with Crippen LogP contribution in [-0.2, 0) is 25.4 Å². The number of methoxy groups -OCH3 is 1. The maximum absolute atomic E-state index is 12.0. The summed E-state index contributed by atoms with van der Waals surface area (Å²) in [5.41, 5.74) is 0.794. The zero-order chi connectivity index (χ0) is 18.4. The highest BCUT2D eigenvalue weighted by Crippen LogP contribution is 2.24. The van der Waals surface area contributed by atoms with E-state index in [1.165, 1.54) is 7.11 Å². The van der Waals surface area contributed by atoms with Gasteiger partial charge in [0, 0.05) is 11.8 Å². The molecule has 140 valence electrons. The summed E-state index contributed by atoms with van der Waals surface area (Å²) in [4.78, 5) is 12.0. The smallest absolute Gasteiger partial charge is 0.323 e. The molecule has 1 aromatic rings. The van der Waals surface area contributed by atoms with E-state index in [2.05, 4.69) is 5.32 Å². The number of carbonyl (C=O) groups excluding carboxylic acids is 1. The fourth-order valence-electron chi connectivity index (χ4n) is 2.57. The molecule has 0 bridgehead atoms. The quantitative estimate of drug-likeness (QED) is 0.500. The number of phenols is 1. The minimum absolute atomic E-state index is 0.0394. The van der Waals surface area contributed by atoms with Gasteiger partial charge in [0.25, 0.3) is 0 Å². The number of benzene rings is 1. The van der Waals surface area contributed by atoms with E-state index >= 15 is 0 Å². The standard InChI is InChI=1S/C18H27NO6/c1-18(2)10-24-16(25-11-18)9-15(21)19-14(17(22)23-3)8-12-4-6-13(20)7-5-12/h4-7,14-16,19-21H,8-11H2,1-3H3/t14-,15?/m0/s1. The Morgan fingerprint density at radius 3 is 2.48 bits per heavy atom.